The summed E-state index contributed by atoms with van der Waals surface area (Å²) in [6, 6.07) is 16.0. The molecule has 0 heterocycles. The number of rotatable bonds is 5. The van der Waals surface area contributed by atoms with Crippen molar-refractivity contribution in [2.75, 3.05) is 12.0 Å². The van der Waals surface area contributed by atoms with Gasteiger partial charge in [0.25, 0.3) is 5.91 Å². The number of benzene rings is 3. The summed E-state index contributed by atoms with van der Waals surface area (Å²) in [5.41, 5.74) is -0.0210. The van der Waals surface area contributed by atoms with Crippen LogP contribution >= 0.6 is 0 Å². The third-order valence-corrected chi connectivity index (χ3v) is 4.35. The fourth-order valence-corrected chi connectivity index (χ4v) is 3.01. The molecule has 0 fully saturated rings. The summed E-state index contributed by atoms with van der Waals surface area (Å²) in [7, 11) is 1.36. The molecule has 0 saturated heterocycles. The fraction of sp³-hybridized carbons (Fsp3) is 0.136. The van der Waals surface area contributed by atoms with Crippen LogP contribution in [0, 0.1) is 0 Å². The maximum atomic E-state index is 14.2. The van der Waals surface area contributed by atoms with Gasteiger partial charge in [-0.1, -0.05) is 30.3 Å². The Labute approximate surface area is 165 Å². The minimum Gasteiger partial charge on any atom is -0.508 e. The summed E-state index contributed by atoms with van der Waals surface area (Å²) in [6.07, 6.45) is -4.76. The molecule has 29 heavy (non-hydrogen) atoms. The van der Waals surface area contributed by atoms with E-state index in [0.29, 0.717) is 4.90 Å². The van der Waals surface area contributed by atoms with E-state index in [1.54, 1.807) is 18.2 Å². The highest BCUT2D eigenvalue weighted by Gasteiger charge is 2.47. The van der Waals surface area contributed by atoms with Gasteiger partial charge in [-0.3, -0.25) is 9.69 Å². The van der Waals surface area contributed by atoms with Crippen LogP contribution in [0.1, 0.15) is 22.0 Å². The van der Waals surface area contributed by atoms with E-state index >= 15 is 0 Å². The highest BCUT2D eigenvalue weighted by Crippen LogP contribution is 2.41. The van der Waals surface area contributed by atoms with E-state index in [2.05, 4.69) is 0 Å². The van der Waals surface area contributed by atoms with Gasteiger partial charge in [-0.2, -0.15) is 13.2 Å². The zero-order chi connectivity index (χ0) is 21.0. The van der Waals surface area contributed by atoms with Gasteiger partial charge in [-0.15, -0.1) is 0 Å². The predicted octanol–water partition coefficient (Wildman–Crippen LogP) is 5.35. The van der Waals surface area contributed by atoms with Crippen LogP contribution < -0.4 is 9.64 Å². The van der Waals surface area contributed by atoms with Crippen molar-refractivity contribution in [1.82, 2.24) is 0 Å². The van der Waals surface area contributed by atoms with Crippen molar-refractivity contribution in [3.05, 3.63) is 90.0 Å². The van der Waals surface area contributed by atoms with Crippen LogP contribution in [0.25, 0.3) is 0 Å². The number of aromatic hydroxyl groups is 1. The molecule has 1 amide bonds. The van der Waals surface area contributed by atoms with Crippen molar-refractivity contribution >= 4 is 11.6 Å². The van der Waals surface area contributed by atoms with Crippen LogP contribution in [-0.2, 0) is 0 Å². The number of hydrogen-bond acceptors (Lipinski definition) is 3. The van der Waals surface area contributed by atoms with Crippen LogP contribution in [0.4, 0.5) is 18.9 Å². The summed E-state index contributed by atoms with van der Waals surface area (Å²) in [4.78, 5) is 13.9. The first-order valence-electron chi connectivity index (χ1n) is 8.69. The first-order valence-corrected chi connectivity index (χ1v) is 8.69. The lowest BCUT2D eigenvalue weighted by molar-refractivity contribution is -0.149. The molecule has 3 aromatic rings. The number of phenols is 1. The Kier molecular flexibility index (Phi) is 5.77. The molecule has 0 radical (unpaired) electrons. The Morgan fingerprint density at radius 1 is 0.966 bits per heavy atom. The number of para-hydroxylation sites is 1. The van der Waals surface area contributed by atoms with Crippen molar-refractivity contribution < 1.29 is 27.8 Å². The van der Waals surface area contributed by atoms with Gasteiger partial charge < -0.3 is 9.84 Å². The van der Waals surface area contributed by atoms with Gasteiger partial charge in [0, 0.05) is 11.3 Å². The Morgan fingerprint density at radius 2 is 1.62 bits per heavy atom. The monoisotopic (exact) mass is 401 g/mol. The molecule has 0 aliphatic heterocycles. The number of hydrogen-bond donors (Lipinski definition) is 1. The second kappa shape index (κ2) is 8.26. The van der Waals surface area contributed by atoms with Crippen molar-refractivity contribution in [3.8, 4) is 11.5 Å². The SMILES string of the molecule is COc1cccc(C(N(C(=O)c2ccc(O)cc2)c2ccccc2)C(F)(F)F)c1. The maximum Gasteiger partial charge on any atom is 0.413 e. The highest BCUT2D eigenvalue weighted by molar-refractivity contribution is 6.06. The Balaban J connectivity index is 2.18. The van der Waals surface area contributed by atoms with Gasteiger partial charge in [0.2, 0.25) is 0 Å². The molecule has 0 saturated carbocycles. The third-order valence-electron chi connectivity index (χ3n) is 4.35. The molecule has 3 rings (SSSR count). The summed E-state index contributed by atoms with van der Waals surface area (Å²) >= 11 is 0. The Morgan fingerprint density at radius 3 is 2.21 bits per heavy atom. The van der Waals surface area contributed by atoms with Crippen molar-refractivity contribution in [2.45, 2.75) is 12.2 Å². The topological polar surface area (TPSA) is 49.8 Å². The van der Waals surface area contributed by atoms with E-state index in [1.165, 1.54) is 67.8 Å². The molecule has 150 valence electrons. The molecule has 7 heteroatoms. The summed E-state index contributed by atoms with van der Waals surface area (Å²) in [5.74, 6) is -0.684. The number of carbonyl (C=O) groups excluding carboxylic acids is 1. The lowest BCUT2D eigenvalue weighted by Crippen LogP contribution is -2.42. The number of phenolic OH excluding ortho intramolecular Hbond substituents is 1. The zero-order valence-corrected chi connectivity index (χ0v) is 15.4. The van der Waals surface area contributed by atoms with Gasteiger partial charge in [-0.25, -0.2) is 0 Å². The van der Waals surface area contributed by atoms with Gasteiger partial charge in [0.05, 0.1) is 7.11 Å². The maximum absolute atomic E-state index is 14.2. The normalized spacial score (nSPS) is 12.3. The van der Waals surface area contributed by atoms with Crippen molar-refractivity contribution in [1.29, 1.82) is 0 Å². The summed E-state index contributed by atoms with van der Waals surface area (Å²) < 4.78 is 47.8. The second-order valence-corrected chi connectivity index (χ2v) is 6.28. The molecule has 0 aliphatic rings. The number of nitrogens with zero attached hydrogens (tertiary/aromatic N) is 1. The van der Waals surface area contributed by atoms with Gasteiger partial charge in [-0.05, 0) is 54.1 Å². The van der Waals surface area contributed by atoms with Gasteiger partial charge in [0.15, 0.2) is 6.04 Å². The van der Waals surface area contributed by atoms with E-state index in [4.69, 9.17) is 4.74 Å². The molecule has 1 unspecified atom stereocenters. The van der Waals surface area contributed by atoms with E-state index in [9.17, 15) is 23.1 Å². The number of anilines is 1. The summed E-state index contributed by atoms with van der Waals surface area (Å²) in [6.45, 7) is 0. The number of halogens is 3. The van der Waals surface area contributed by atoms with E-state index in [-0.39, 0.29) is 28.3 Å². The van der Waals surface area contributed by atoms with E-state index in [1.807, 2.05) is 0 Å². The quantitative estimate of drug-likeness (QED) is 0.627. The van der Waals surface area contributed by atoms with Crippen molar-refractivity contribution in [2.24, 2.45) is 0 Å². The lowest BCUT2D eigenvalue weighted by Gasteiger charge is -2.34. The average Bonchev–Trinajstić information content (AvgIpc) is 2.71. The lowest BCUT2D eigenvalue weighted by atomic mass is 10.0. The van der Waals surface area contributed by atoms with E-state index in [0.717, 1.165) is 0 Å². The minimum atomic E-state index is -4.76. The molecule has 0 spiro atoms. The number of carbonyl (C=O) groups is 1. The zero-order valence-electron chi connectivity index (χ0n) is 15.4. The predicted molar refractivity (Wildman–Crippen MR) is 103 cm³/mol. The van der Waals surface area contributed by atoms with Crippen LogP contribution in [0.2, 0.25) is 0 Å². The minimum absolute atomic E-state index is 0.0174. The molecule has 4 nitrogen and oxygen atoms in total. The Hall–Kier alpha value is -3.48. The van der Waals surface area contributed by atoms with Crippen LogP contribution in [-0.4, -0.2) is 24.3 Å². The molecule has 0 aliphatic carbocycles. The molecule has 3 aromatic carbocycles. The number of ether oxygens (including phenoxy) is 1. The average molecular weight is 401 g/mol. The molecule has 1 atom stereocenters. The van der Waals surface area contributed by atoms with Crippen LogP contribution in [0.15, 0.2) is 78.9 Å². The van der Waals surface area contributed by atoms with Crippen molar-refractivity contribution in [3.63, 3.8) is 0 Å². The first-order chi connectivity index (χ1) is 13.8. The first kappa shape index (κ1) is 20.3. The number of alkyl halides is 3. The highest BCUT2D eigenvalue weighted by atomic mass is 19.4. The van der Waals surface area contributed by atoms with Gasteiger partial charge in [0.1, 0.15) is 11.5 Å². The largest absolute Gasteiger partial charge is 0.508 e. The molecule has 0 aromatic heterocycles. The molecular formula is C22H18F3NO3. The third kappa shape index (κ3) is 4.51. The van der Waals surface area contributed by atoms with Gasteiger partial charge >= 0.3 is 6.18 Å². The van der Waals surface area contributed by atoms with E-state index < -0.39 is 18.1 Å². The standard InChI is InChI=1S/C22H18F3NO3/c1-29-19-9-5-6-16(14-19)20(22(23,24)25)26(17-7-3-2-4-8-17)21(28)15-10-12-18(27)13-11-15/h2-14,20,27H,1H3. The van der Waals surface area contributed by atoms with Crippen LogP contribution in [0.3, 0.4) is 0 Å². The Bertz CT molecular complexity index is 973. The number of amides is 1. The van der Waals surface area contributed by atoms with Crippen LogP contribution in [0.5, 0.6) is 11.5 Å². The summed E-state index contributed by atoms with van der Waals surface area (Å²) in [5, 5.41) is 9.45. The molecule has 1 N–H and O–H groups in total. The smallest absolute Gasteiger partial charge is 0.413 e. The fourth-order valence-electron chi connectivity index (χ4n) is 3.01. The molecular weight excluding hydrogens is 383 g/mol. The second-order valence-electron chi connectivity index (χ2n) is 6.28. The molecule has 0 bridgehead atoms. The number of methoxy groups -OCH3 is 1.